The maximum atomic E-state index is 12.8. The summed E-state index contributed by atoms with van der Waals surface area (Å²) >= 11 is 8.38. The summed E-state index contributed by atoms with van der Waals surface area (Å²) in [5.74, 6) is 0.528. The van der Waals surface area contributed by atoms with Crippen molar-refractivity contribution in [2.75, 3.05) is 18.2 Å². The number of thioether (sulfide) groups is 1. The Balaban J connectivity index is 1.36. The van der Waals surface area contributed by atoms with Gasteiger partial charge < -0.3 is 10.1 Å². The van der Waals surface area contributed by atoms with Gasteiger partial charge in [0.1, 0.15) is 0 Å². The van der Waals surface area contributed by atoms with Crippen molar-refractivity contribution in [3.8, 4) is 0 Å². The number of benzene rings is 1. The van der Waals surface area contributed by atoms with E-state index in [2.05, 4.69) is 5.32 Å². The molecule has 140 valence electrons. The van der Waals surface area contributed by atoms with Crippen LogP contribution in [0.1, 0.15) is 38.5 Å². The molecule has 0 saturated heterocycles. The summed E-state index contributed by atoms with van der Waals surface area (Å²) in [5.41, 5.74) is 0.248. The maximum absolute atomic E-state index is 12.8. The number of ether oxygens (including phenoxy) is 1. The van der Waals surface area contributed by atoms with E-state index in [1.807, 2.05) is 30.5 Å². The van der Waals surface area contributed by atoms with Crippen molar-refractivity contribution >= 4 is 40.9 Å². The van der Waals surface area contributed by atoms with Gasteiger partial charge in [0.2, 0.25) is 0 Å². The van der Waals surface area contributed by atoms with Crippen molar-refractivity contribution in [3.05, 3.63) is 24.3 Å². The minimum absolute atomic E-state index is 0.232. The highest BCUT2D eigenvalue weighted by molar-refractivity contribution is 7.98. The van der Waals surface area contributed by atoms with Crippen molar-refractivity contribution in [1.82, 2.24) is 0 Å². The Morgan fingerprint density at radius 3 is 2.65 bits per heavy atom. The van der Waals surface area contributed by atoms with Crippen LogP contribution in [-0.2, 0) is 14.3 Å². The Morgan fingerprint density at radius 2 is 2.00 bits per heavy atom. The molecule has 4 nitrogen and oxygen atoms in total. The molecule has 4 aliphatic rings. The maximum Gasteiger partial charge on any atom is 0.312 e. The van der Waals surface area contributed by atoms with Gasteiger partial charge in [-0.3, -0.25) is 9.59 Å². The lowest BCUT2D eigenvalue weighted by Gasteiger charge is -2.58. The third kappa shape index (κ3) is 3.48. The van der Waals surface area contributed by atoms with Crippen molar-refractivity contribution < 1.29 is 14.3 Å². The van der Waals surface area contributed by atoms with Crippen LogP contribution in [0.4, 0.5) is 5.69 Å². The molecule has 0 aliphatic heterocycles. The van der Waals surface area contributed by atoms with E-state index in [0.29, 0.717) is 23.9 Å². The molecule has 1 aromatic rings. The van der Waals surface area contributed by atoms with Crippen LogP contribution in [0.5, 0.6) is 0 Å². The molecule has 1 N–H and O–H groups in total. The minimum atomic E-state index is -0.467. The third-order valence-electron chi connectivity index (χ3n) is 6.11. The van der Waals surface area contributed by atoms with Crippen molar-refractivity contribution in [2.45, 2.75) is 48.3 Å². The van der Waals surface area contributed by atoms with Crippen LogP contribution in [-0.4, -0.2) is 29.6 Å². The normalized spacial score (nSPS) is 34.5. The molecule has 0 radical (unpaired) electrons. The lowest BCUT2D eigenvalue weighted by atomic mass is 9.49. The van der Waals surface area contributed by atoms with Crippen LogP contribution >= 0.6 is 23.4 Å². The van der Waals surface area contributed by atoms with Crippen LogP contribution in [0.3, 0.4) is 0 Å². The lowest BCUT2D eigenvalue weighted by Crippen LogP contribution is -2.56. The average molecular weight is 394 g/mol. The van der Waals surface area contributed by atoms with Crippen molar-refractivity contribution in [1.29, 1.82) is 0 Å². The second-order valence-electron chi connectivity index (χ2n) is 8.25. The third-order valence-corrected chi connectivity index (χ3v) is 7.28. The molecule has 2 unspecified atom stereocenters. The molecule has 0 spiro atoms. The van der Waals surface area contributed by atoms with E-state index >= 15 is 0 Å². The number of amides is 1. The highest BCUT2D eigenvalue weighted by Crippen LogP contribution is 2.64. The summed E-state index contributed by atoms with van der Waals surface area (Å²) in [6.45, 7) is -0.241. The molecule has 1 aromatic carbocycles. The fourth-order valence-electron chi connectivity index (χ4n) is 5.57. The van der Waals surface area contributed by atoms with Gasteiger partial charge in [0.15, 0.2) is 6.61 Å². The largest absolute Gasteiger partial charge is 0.455 e. The molecular formula is C20H24ClNO3S. The predicted octanol–water partition coefficient (Wildman–Crippen LogP) is 4.47. The topological polar surface area (TPSA) is 55.4 Å². The molecule has 4 fully saturated rings. The first-order valence-electron chi connectivity index (χ1n) is 9.20. The number of hydrogen-bond donors (Lipinski definition) is 1. The molecule has 1 amide bonds. The first-order valence-corrected chi connectivity index (χ1v) is 10.8. The fourth-order valence-corrected chi connectivity index (χ4v) is 6.72. The number of alkyl halides is 1. The van der Waals surface area contributed by atoms with E-state index in [0.717, 1.165) is 30.6 Å². The van der Waals surface area contributed by atoms with Crippen LogP contribution < -0.4 is 5.32 Å². The van der Waals surface area contributed by atoms with E-state index in [1.54, 1.807) is 11.8 Å². The molecule has 5 rings (SSSR count). The quantitative estimate of drug-likeness (QED) is 0.455. The molecular weight excluding hydrogens is 370 g/mol. The van der Waals surface area contributed by atoms with E-state index < -0.39 is 5.41 Å². The van der Waals surface area contributed by atoms with E-state index in [9.17, 15) is 9.59 Å². The van der Waals surface area contributed by atoms with Gasteiger partial charge in [-0.15, -0.1) is 23.4 Å². The zero-order valence-corrected chi connectivity index (χ0v) is 16.5. The van der Waals surface area contributed by atoms with E-state index in [-0.39, 0.29) is 23.4 Å². The molecule has 0 aromatic heterocycles. The highest BCUT2D eigenvalue weighted by atomic mass is 35.5. The standard InChI is InChI=1S/C20H24ClNO3S/c1-26-16-4-2-3-15(6-16)22-17(23)11-25-18(24)19-7-13-5-14(8-19)10-20(21,9-13)12-19/h2-4,6,13-14H,5,7-12H2,1H3,(H,22,23)/t13-,14+,19?,20?. The number of hydrogen-bond acceptors (Lipinski definition) is 4. The zero-order valence-electron chi connectivity index (χ0n) is 14.9. The monoisotopic (exact) mass is 393 g/mol. The Bertz CT molecular complexity index is 724. The number of rotatable bonds is 5. The molecule has 26 heavy (non-hydrogen) atoms. The Labute approximate surface area is 163 Å². The highest BCUT2D eigenvalue weighted by Gasteiger charge is 2.60. The van der Waals surface area contributed by atoms with Crippen LogP contribution in [0.25, 0.3) is 0 Å². The number of esters is 1. The number of carbonyl (C=O) groups excluding carboxylic acids is 2. The van der Waals surface area contributed by atoms with Gasteiger partial charge in [0.25, 0.3) is 5.91 Å². The average Bonchev–Trinajstić information content (AvgIpc) is 2.57. The summed E-state index contributed by atoms with van der Waals surface area (Å²) in [4.78, 5) is 25.9. The zero-order chi connectivity index (χ0) is 18.4. The number of anilines is 1. The SMILES string of the molecule is CSc1cccc(NC(=O)COC(=O)C23C[C@@H]4C[C@@H](CC(Cl)(C4)C2)C3)c1. The van der Waals surface area contributed by atoms with Gasteiger partial charge in [0, 0.05) is 15.5 Å². The summed E-state index contributed by atoms with van der Waals surface area (Å²) < 4.78 is 5.45. The van der Waals surface area contributed by atoms with Gasteiger partial charge in [-0.2, -0.15) is 0 Å². The van der Waals surface area contributed by atoms with Crippen LogP contribution in [0.2, 0.25) is 0 Å². The van der Waals surface area contributed by atoms with Gasteiger partial charge in [0.05, 0.1) is 5.41 Å². The number of halogens is 1. The minimum Gasteiger partial charge on any atom is -0.455 e. The van der Waals surface area contributed by atoms with E-state index in [1.165, 1.54) is 6.42 Å². The van der Waals surface area contributed by atoms with Crippen LogP contribution in [0, 0.1) is 17.3 Å². The van der Waals surface area contributed by atoms with Gasteiger partial charge in [-0.1, -0.05) is 6.07 Å². The fraction of sp³-hybridized carbons (Fsp3) is 0.600. The predicted molar refractivity (Wildman–Crippen MR) is 104 cm³/mol. The van der Waals surface area contributed by atoms with Gasteiger partial charge in [-0.05, 0) is 74.8 Å². The van der Waals surface area contributed by atoms with Gasteiger partial charge >= 0.3 is 5.97 Å². The summed E-state index contributed by atoms with van der Waals surface area (Å²) in [6.07, 6.45) is 7.65. The number of nitrogens with one attached hydrogen (secondary N) is 1. The first-order chi connectivity index (χ1) is 12.4. The summed E-state index contributed by atoms with van der Waals surface area (Å²) in [5, 5.41) is 2.80. The lowest BCUT2D eigenvalue weighted by molar-refractivity contribution is -0.171. The molecule has 4 aliphatic carbocycles. The smallest absolute Gasteiger partial charge is 0.312 e. The Hall–Kier alpha value is -1.20. The van der Waals surface area contributed by atoms with Crippen molar-refractivity contribution in [3.63, 3.8) is 0 Å². The second kappa shape index (κ2) is 6.75. The summed E-state index contributed by atoms with van der Waals surface area (Å²) in [7, 11) is 0. The van der Waals surface area contributed by atoms with Crippen LogP contribution in [0.15, 0.2) is 29.2 Å². The number of carbonyl (C=O) groups is 2. The molecule has 4 saturated carbocycles. The second-order valence-corrected chi connectivity index (χ2v) is 9.93. The van der Waals surface area contributed by atoms with Gasteiger partial charge in [-0.25, -0.2) is 0 Å². The first kappa shape index (κ1) is 18.2. The van der Waals surface area contributed by atoms with Crippen molar-refractivity contribution in [2.24, 2.45) is 17.3 Å². The molecule has 4 atom stereocenters. The Morgan fingerprint density at radius 1 is 1.27 bits per heavy atom. The Kier molecular flexibility index (Phi) is 4.72. The molecule has 0 heterocycles. The molecule has 4 bridgehead atoms. The molecule has 6 heteroatoms. The van der Waals surface area contributed by atoms with E-state index in [4.69, 9.17) is 16.3 Å². The summed E-state index contributed by atoms with van der Waals surface area (Å²) in [6, 6.07) is 7.61.